The summed E-state index contributed by atoms with van der Waals surface area (Å²) in [5, 5.41) is 9.03. The molecule has 0 fully saturated rings. The smallest absolute Gasteiger partial charge is 0.102 e. The van der Waals surface area contributed by atoms with Crippen LogP contribution in [0.1, 0.15) is 51.9 Å². The summed E-state index contributed by atoms with van der Waals surface area (Å²) in [5.74, 6) is 0.327. The van der Waals surface area contributed by atoms with Crippen molar-refractivity contribution in [2.45, 2.75) is 51.9 Å². The lowest BCUT2D eigenvalue weighted by atomic mass is 10.1. The molecule has 0 saturated heterocycles. The maximum absolute atomic E-state index is 9.03. The Morgan fingerprint density at radius 3 is 2.38 bits per heavy atom. The van der Waals surface area contributed by atoms with Gasteiger partial charge in [0, 0.05) is 0 Å². The molecular formula is C11H23NO. The molecule has 0 heterocycles. The Morgan fingerprint density at radius 2 is 1.77 bits per heavy atom. The Hall–Kier alpha value is -0.500. The van der Waals surface area contributed by atoms with Crippen LogP contribution in [0.15, 0.2) is 11.8 Å². The number of nitrogens with two attached hydrogens (primary N) is 1. The van der Waals surface area contributed by atoms with Crippen LogP contribution < -0.4 is 5.73 Å². The highest BCUT2D eigenvalue weighted by molar-refractivity contribution is 4.91. The molecule has 0 unspecified atom stereocenters. The maximum atomic E-state index is 9.03. The lowest BCUT2D eigenvalue weighted by Crippen LogP contribution is -2.01. The molecule has 0 atom stereocenters. The minimum absolute atomic E-state index is 0.274. The first-order chi connectivity index (χ1) is 6.31. The number of aliphatic hydroxyl groups excluding tert-OH is 1. The van der Waals surface area contributed by atoms with Crippen LogP contribution in [0.5, 0.6) is 0 Å². The first-order valence-electron chi connectivity index (χ1n) is 5.39. The van der Waals surface area contributed by atoms with Gasteiger partial charge in [-0.2, -0.15) is 0 Å². The van der Waals surface area contributed by atoms with Crippen LogP contribution in [-0.4, -0.2) is 11.7 Å². The quantitative estimate of drug-likeness (QED) is 0.451. The predicted molar refractivity (Wildman–Crippen MR) is 57.8 cm³/mol. The highest BCUT2D eigenvalue weighted by atomic mass is 16.3. The summed E-state index contributed by atoms with van der Waals surface area (Å²) in [6.45, 7) is 2.50. The fourth-order valence-electron chi connectivity index (χ4n) is 1.28. The van der Waals surface area contributed by atoms with Crippen LogP contribution >= 0.6 is 0 Å². The van der Waals surface area contributed by atoms with Crippen LogP contribution in [0.2, 0.25) is 0 Å². The van der Waals surface area contributed by atoms with Gasteiger partial charge in [-0.3, -0.25) is 0 Å². The largest absolute Gasteiger partial charge is 0.511 e. The zero-order valence-corrected chi connectivity index (χ0v) is 8.76. The summed E-state index contributed by atoms with van der Waals surface area (Å²) in [7, 11) is 0. The molecule has 0 aliphatic heterocycles. The normalized spacial score (nSPS) is 12.0. The number of hydrogen-bond donors (Lipinski definition) is 2. The lowest BCUT2D eigenvalue weighted by Gasteiger charge is -1.98. The van der Waals surface area contributed by atoms with Gasteiger partial charge in [0.2, 0.25) is 0 Å². The SMILES string of the molecule is CCCCCCCC/C=C(\O)CN. The second-order valence-electron chi connectivity index (χ2n) is 3.46. The summed E-state index contributed by atoms with van der Waals surface area (Å²) in [6.07, 6.45) is 10.6. The van der Waals surface area contributed by atoms with Gasteiger partial charge < -0.3 is 10.8 Å². The molecule has 0 saturated carbocycles. The number of aliphatic hydroxyl groups is 1. The third-order valence-electron chi connectivity index (χ3n) is 2.15. The molecule has 0 aliphatic carbocycles. The molecule has 13 heavy (non-hydrogen) atoms. The van der Waals surface area contributed by atoms with Crippen molar-refractivity contribution in [2.24, 2.45) is 5.73 Å². The first-order valence-corrected chi connectivity index (χ1v) is 5.39. The van der Waals surface area contributed by atoms with E-state index in [1.54, 1.807) is 0 Å². The molecule has 2 heteroatoms. The Kier molecular flexibility index (Phi) is 9.22. The van der Waals surface area contributed by atoms with Gasteiger partial charge >= 0.3 is 0 Å². The second-order valence-corrected chi connectivity index (χ2v) is 3.46. The third kappa shape index (κ3) is 9.41. The van der Waals surface area contributed by atoms with Crippen molar-refractivity contribution < 1.29 is 5.11 Å². The lowest BCUT2D eigenvalue weighted by molar-refractivity contribution is 0.400. The average Bonchev–Trinajstić information content (AvgIpc) is 2.16. The van der Waals surface area contributed by atoms with Crippen molar-refractivity contribution in [3.05, 3.63) is 11.8 Å². The van der Waals surface area contributed by atoms with E-state index in [4.69, 9.17) is 10.8 Å². The Bertz CT molecular complexity index is 132. The minimum Gasteiger partial charge on any atom is -0.511 e. The summed E-state index contributed by atoms with van der Waals surface area (Å²) >= 11 is 0. The van der Waals surface area contributed by atoms with Crippen molar-refractivity contribution >= 4 is 0 Å². The molecule has 0 radical (unpaired) electrons. The Morgan fingerprint density at radius 1 is 1.15 bits per heavy atom. The molecule has 3 N–H and O–H groups in total. The standard InChI is InChI=1S/C11H23NO/c1-2-3-4-5-6-7-8-9-11(13)10-12/h9,13H,2-8,10,12H2,1H3/b11-9-. The fourth-order valence-corrected chi connectivity index (χ4v) is 1.28. The van der Waals surface area contributed by atoms with Crippen LogP contribution in [0, 0.1) is 0 Å². The molecule has 0 spiro atoms. The topological polar surface area (TPSA) is 46.2 Å². The average molecular weight is 185 g/mol. The van der Waals surface area contributed by atoms with Gasteiger partial charge in [-0.05, 0) is 18.9 Å². The van der Waals surface area contributed by atoms with E-state index in [1.807, 2.05) is 6.08 Å². The van der Waals surface area contributed by atoms with Crippen molar-refractivity contribution in [1.29, 1.82) is 0 Å². The van der Waals surface area contributed by atoms with Gasteiger partial charge in [0.15, 0.2) is 0 Å². The van der Waals surface area contributed by atoms with E-state index in [2.05, 4.69) is 6.92 Å². The van der Waals surface area contributed by atoms with Crippen molar-refractivity contribution in [2.75, 3.05) is 6.54 Å². The van der Waals surface area contributed by atoms with E-state index < -0.39 is 0 Å². The molecule has 0 aromatic heterocycles. The van der Waals surface area contributed by atoms with E-state index in [-0.39, 0.29) is 6.54 Å². The van der Waals surface area contributed by atoms with E-state index in [0.29, 0.717) is 5.76 Å². The third-order valence-corrected chi connectivity index (χ3v) is 2.15. The van der Waals surface area contributed by atoms with Gasteiger partial charge in [0.1, 0.15) is 5.76 Å². The zero-order valence-electron chi connectivity index (χ0n) is 8.76. The molecule has 0 bridgehead atoms. The predicted octanol–water partition coefficient (Wildman–Crippen LogP) is 3.14. The van der Waals surface area contributed by atoms with Gasteiger partial charge in [0.25, 0.3) is 0 Å². The molecule has 2 nitrogen and oxygen atoms in total. The van der Waals surface area contributed by atoms with E-state index >= 15 is 0 Å². The van der Waals surface area contributed by atoms with Crippen LogP contribution in [0.3, 0.4) is 0 Å². The first kappa shape index (κ1) is 12.5. The number of hydrogen-bond acceptors (Lipinski definition) is 2. The van der Waals surface area contributed by atoms with Crippen LogP contribution in [-0.2, 0) is 0 Å². The van der Waals surface area contributed by atoms with Crippen molar-refractivity contribution in [3.8, 4) is 0 Å². The second kappa shape index (κ2) is 9.59. The van der Waals surface area contributed by atoms with Gasteiger partial charge in [-0.25, -0.2) is 0 Å². The number of rotatable bonds is 8. The molecule has 0 aromatic carbocycles. The fraction of sp³-hybridized carbons (Fsp3) is 0.818. The molecule has 0 aromatic rings. The molecular weight excluding hydrogens is 162 g/mol. The van der Waals surface area contributed by atoms with Gasteiger partial charge in [-0.1, -0.05) is 39.0 Å². The van der Waals surface area contributed by atoms with E-state index in [1.165, 1.54) is 38.5 Å². The summed E-state index contributed by atoms with van der Waals surface area (Å²) in [6, 6.07) is 0. The molecule has 0 aliphatic rings. The number of unbranched alkanes of at least 4 members (excludes halogenated alkanes) is 6. The molecule has 78 valence electrons. The summed E-state index contributed by atoms with van der Waals surface area (Å²) in [5.41, 5.74) is 5.23. The number of allylic oxidation sites excluding steroid dienone is 1. The van der Waals surface area contributed by atoms with E-state index in [0.717, 1.165) is 6.42 Å². The molecule has 0 rings (SSSR count). The van der Waals surface area contributed by atoms with Crippen molar-refractivity contribution in [1.82, 2.24) is 0 Å². The van der Waals surface area contributed by atoms with Crippen molar-refractivity contribution in [3.63, 3.8) is 0 Å². The van der Waals surface area contributed by atoms with Gasteiger partial charge in [0.05, 0.1) is 6.54 Å². The maximum Gasteiger partial charge on any atom is 0.102 e. The minimum atomic E-state index is 0.274. The summed E-state index contributed by atoms with van der Waals surface area (Å²) < 4.78 is 0. The Balaban J connectivity index is 3.08. The van der Waals surface area contributed by atoms with Gasteiger partial charge in [-0.15, -0.1) is 0 Å². The monoisotopic (exact) mass is 185 g/mol. The summed E-state index contributed by atoms with van der Waals surface area (Å²) in [4.78, 5) is 0. The zero-order chi connectivity index (χ0) is 9.94. The Labute approximate surface area is 81.8 Å². The highest BCUT2D eigenvalue weighted by Gasteiger charge is 1.90. The van der Waals surface area contributed by atoms with Crippen LogP contribution in [0.25, 0.3) is 0 Å². The highest BCUT2D eigenvalue weighted by Crippen LogP contribution is 2.07. The molecule has 0 amide bonds. The van der Waals surface area contributed by atoms with E-state index in [9.17, 15) is 0 Å². The van der Waals surface area contributed by atoms with Crippen LogP contribution in [0.4, 0.5) is 0 Å².